The molecule has 1 aromatic carbocycles. The largest absolute Gasteiger partial charge is 0.301 e. The van der Waals surface area contributed by atoms with E-state index in [1.54, 1.807) is 6.33 Å². The van der Waals surface area contributed by atoms with Crippen molar-refractivity contribution in [1.82, 2.24) is 19.7 Å². The van der Waals surface area contributed by atoms with Gasteiger partial charge >= 0.3 is 0 Å². The summed E-state index contributed by atoms with van der Waals surface area (Å²) in [4.78, 5) is 29.2. The molecular formula is C18H17N5O2S2. The molecule has 0 saturated heterocycles. The predicted molar refractivity (Wildman–Crippen MR) is 105 cm³/mol. The van der Waals surface area contributed by atoms with E-state index in [-0.39, 0.29) is 17.4 Å². The summed E-state index contributed by atoms with van der Waals surface area (Å²) in [6, 6.07) is 8.00. The second-order valence-corrected chi connectivity index (χ2v) is 8.17. The van der Waals surface area contributed by atoms with Crippen molar-refractivity contribution in [1.29, 1.82) is 0 Å². The molecule has 0 radical (unpaired) electrons. The van der Waals surface area contributed by atoms with Crippen LogP contribution in [-0.4, -0.2) is 37.2 Å². The third-order valence-electron chi connectivity index (χ3n) is 4.18. The number of fused-ring (bicyclic) bond motifs is 1. The molecule has 0 bridgehead atoms. The average molecular weight is 400 g/mol. The topological polar surface area (TPSA) is 89.8 Å². The number of nitrogens with one attached hydrogen (secondary N) is 1. The fourth-order valence-electron chi connectivity index (χ4n) is 2.81. The first-order valence-corrected chi connectivity index (χ1v) is 10.3. The molecule has 2 heterocycles. The summed E-state index contributed by atoms with van der Waals surface area (Å²) in [6.45, 7) is 2.03. The monoisotopic (exact) mass is 399 g/mol. The van der Waals surface area contributed by atoms with Crippen LogP contribution in [0.15, 0.2) is 35.7 Å². The molecule has 9 heteroatoms. The lowest BCUT2D eigenvalue weighted by Crippen LogP contribution is -2.14. The number of anilines is 1. The fourth-order valence-corrected chi connectivity index (χ4v) is 4.54. The van der Waals surface area contributed by atoms with Crippen LogP contribution in [-0.2, 0) is 11.2 Å². The van der Waals surface area contributed by atoms with E-state index in [9.17, 15) is 9.59 Å². The molecule has 0 spiro atoms. The zero-order valence-corrected chi connectivity index (χ0v) is 16.3. The van der Waals surface area contributed by atoms with Crippen molar-refractivity contribution in [3.8, 4) is 5.69 Å². The molecule has 27 heavy (non-hydrogen) atoms. The minimum absolute atomic E-state index is 0.120. The molecule has 7 nitrogen and oxygen atoms in total. The number of carbonyl (C=O) groups is 2. The predicted octanol–water partition coefficient (Wildman–Crippen LogP) is 3.28. The van der Waals surface area contributed by atoms with Crippen LogP contribution in [0.3, 0.4) is 0 Å². The van der Waals surface area contributed by atoms with Crippen LogP contribution in [0.1, 0.15) is 33.8 Å². The number of Topliss-reactive ketones (excluding diaryl/α,β-unsaturated/α-hetero) is 1. The Balaban J connectivity index is 1.40. The lowest BCUT2D eigenvalue weighted by Gasteiger charge is -2.06. The maximum Gasteiger partial charge on any atom is 0.236 e. The van der Waals surface area contributed by atoms with E-state index in [0.717, 1.165) is 24.2 Å². The molecule has 0 aliphatic heterocycles. The highest BCUT2D eigenvalue weighted by atomic mass is 32.2. The average Bonchev–Trinajstić information content (AvgIpc) is 3.28. The summed E-state index contributed by atoms with van der Waals surface area (Å²) in [5.41, 5.74) is 2.92. The summed E-state index contributed by atoms with van der Waals surface area (Å²) < 4.78 is 1.85. The van der Waals surface area contributed by atoms with Gasteiger partial charge in [0.05, 0.1) is 16.3 Å². The Hall–Kier alpha value is -2.52. The molecule has 1 N–H and O–H groups in total. The number of thiazole rings is 1. The summed E-state index contributed by atoms with van der Waals surface area (Å²) in [7, 11) is 0. The number of thioether (sulfide) groups is 1. The fraction of sp³-hybridized carbons (Fsp3) is 0.278. The number of carbonyl (C=O) groups excluding carboxylic acids is 2. The van der Waals surface area contributed by atoms with Gasteiger partial charge < -0.3 is 5.32 Å². The van der Waals surface area contributed by atoms with Crippen LogP contribution < -0.4 is 5.32 Å². The molecule has 1 amide bonds. The standard InChI is InChI=1S/C18H17N5O2S2/c1-11-5-7-12(8-6-11)23-10-19-22-18(23)26-9-15(25)21-17-20-13-3-2-4-14(24)16(13)27-17/h5-8,10H,2-4,9H2,1H3,(H,20,21,25). The summed E-state index contributed by atoms with van der Waals surface area (Å²) in [6.07, 6.45) is 3.81. The van der Waals surface area contributed by atoms with E-state index in [2.05, 4.69) is 20.5 Å². The van der Waals surface area contributed by atoms with Crippen molar-refractivity contribution < 1.29 is 9.59 Å². The van der Waals surface area contributed by atoms with Crippen molar-refractivity contribution in [3.05, 3.63) is 46.7 Å². The van der Waals surface area contributed by atoms with Gasteiger partial charge in [-0.1, -0.05) is 40.8 Å². The van der Waals surface area contributed by atoms with Crippen LogP contribution in [0.5, 0.6) is 0 Å². The van der Waals surface area contributed by atoms with Gasteiger partial charge in [0.2, 0.25) is 5.91 Å². The number of ketones is 1. The highest BCUT2D eigenvalue weighted by Gasteiger charge is 2.22. The van der Waals surface area contributed by atoms with Gasteiger partial charge in [-0.05, 0) is 31.9 Å². The van der Waals surface area contributed by atoms with Crippen molar-refractivity contribution in [3.63, 3.8) is 0 Å². The van der Waals surface area contributed by atoms with Crippen molar-refractivity contribution >= 4 is 39.9 Å². The first-order valence-electron chi connectivity index (χ1n) is 8.53. The molecule has 0 saturated carbocycles. The number of nitrogens with zero attached hydrogens (tertiary/aromatic N) is 4. The molecule has 2 aromatic heterocycles. The molecule has 1 aliphatic rings. The highest BCUT2D eigenvalue weighted by molar-refractivity contribution is 7.99. The van der Waals surface area contributed by atoms with Gasteiger partial charge in [0.15, 0.2) is 16.1 Å². The lowest BCUT2D eigenvalue weighted by atomic mass is 10.0. The Morgan fingerprint density at radius 2 is 2.11 bits per heavy atom. The van der Waals surface area contributed by atoms with Gasteiger partial charge in [-0.3, -0.25) is 14.2 Å². The van der Waals surface area contributed by atoms with E-state index in [1.165, 1.54) is 28.7 Å². The summed E-state index contributed by atoms with van der Waals surface area (Å²) >= 11 is 2.56. The highest BCUT2D eigenvalue weighted by Crippen LogP contribution is 2.30. The molecule has 1 aliphatic carbocycles. The van der Waals surface area contributed by atoms with Gasteiger partial charge in [-0.15, -0.1) is 10.2 Å². The molecule has 0 fully saturated rings. The molecule has 0 unspecified atom stereocenters. The Morgan fingerprint density at radius 3 is 2.89 bits per heavy atom. The SMILES string of the molecule is Cc1ccc(-n2cnnc2SCC(=O)Nc2nc3c(s2)C(=O)CCC3)cc1. The number of hydrogen-bond acceptors (Lipinski definition) is 7. The van der Waals surface area contributed by atoms with E-state index < -0.39 is 0 Å². The third kappa shape index (κ3) is 3.93. The minimum Gasteiger partial charge on any atom is -0.301 e. The minimum atomic E-state index is -0.183. The van der Waals surface area contributed by atoms with Crippen LogP contribution in [0.25, 0.3) is 5.69 Å². The van der Waals surface area contributed by atoms with Crippen LogP contribution >= 0.6 is 23.1 Å². The lowest BCUT2D eigenvalue weighted by molar-refractivity contribution is -0.113. The van der Waals surface area contributed by atoms with Gasteiger partial charge in [-0.25, -0.2) is 4.98 Å². The zero-order valence-electron chi connectivity index (χ0n) is 14.6. The second-order valence-electron chi connectivity index (χ2n) is 6.23. The Kier molecular flexibility index (Phi) is 5.04. The van der Waals surface area contributed by atoms with Crippen molar-refractivity contribution in [2.45, 2.75) is 31.3 Å². The van der Waals surface area contributed by atoms with E-state index in [1.807, 2.05) is 35.8 Å². The molecule has 4 rings (SSSR count). The van der Waals surface area contributed by atoms with Crippen LogP contribution in [0.2, 0.25) is 0 Å². The number of aryl methyl sites for hydroxylation is 2. The smallest absolute Gasteiger partial charge is 0.236 e. The number of rotatable bonds is 5. The van der Waals surface area contributed by atoms with Gasteiger partial charge in [-0.2, -0.15) is 0 Å². The van der Waals surface area contributed by atoms with Crippen molar-refractivity contribution in [2.75, 3.05) is 11.1 Å². The van der Waals surface area contributed by atoms with Gasteiger partial charge in [0.1, 0.15) is 6.33 Å². The van der Waals surface area contributed by atoms with Crippen molar-refractivity contribution in [2.24, 2.45) is 0 Å². The van der Waals surface area contributed by atoms with E-state index >= 15 is 0 Å². The number of benzene rings is 1. The Labute approximate surface area is 164 Å². The third-order valence-corrected chi connectivity index (χ3v) is 6.17. The first kappa shape index (κ1) is 17.9. The maximum absolute atomic E-state index is 12.3. The van der Waals surface area contributed by atoms with Crippen LogP contribution in [0, 0.1) is 6.92 Å². The van der Waals surface area contributed by atoms with Gasteiger partial charge in [0, 0.05) is 12.1 Å². The molecule has 138 valence electrons. The molecular weight excluding hydrogens is 382 g/mol. The first-order chi connectivity index (χ1) is 13.1. The molecule has 3 aromatic rings. The summed E-state index contributed by atoms with van der Waals surface area (Å²) in [5, 5.41) is 12.0. The van der Waals surface area contributed by atoms with Crippen LogP contribution in [0.4, 0.5) is 5.13 Å². The quantitative estimate of drug-likeness (QED) is 0.662. The maximum atomic E-state index is 12.3. The number of amides is 1. The number of hydrogen-bond donors (Lipinski definition) is 1. The van der Waals surface area contributed by atoms with Gasteiger partial charge in [0.25, 0.3) is 0 Å². The zero-order chi connectivity index (χ0) is 18.8. The Morgan fingerprint density at radius 1 is 1.30 bits per heavy atom. The molecule has 0 atom stereocenters. The van der Waals surface area contributed by atoms with E-state index in [4.69, 9.17) is 0 Å². The number of aromatic nitrogens is 4. The normalized spacial score (nSPS) is 13.4. The Bertz CT molecular complexity index is 994. The second kappa shape index (κ2) is 7.61. The summed E-state index contributed by atoms with van der Waals surface area (Å²) in [5.74, 6) is 0.120. The van der Waals surface area contributed by atoms with E-state index in [0.29, 0.717) is 21.6 Å².